The van der Waals surface area contributed by atoms with Gasteiger partial charge in [-0.05, 0) is 35.9 Å². The second-order valence-electron chi connectivity index (χ2n) is 4.45. The summed E-state index contributed by atoms with van der Waals surface area (Å²) in [6.07, 6.45) is 0. The number of aromatic nitrogens is 2. The van der Waals surface area contributed by atoms with Gasteiger partial charge in [-0.15, -0.1) is 0 Å². The molecule has 2 N–H and O–H groups in total. The summed E-state index contributed by atoms with van der Waals surface area (Å²) >= 11 is 3.35. The molecule has 0 fully saturated rings. The van der Waals surface area contributed by atoms with Crippen LogP contribution in [0.1, 0.15) is 5.56 Å². The Labute approximate surface area is 128 Å². The normalized spacial score (nSPS) is 10.8. The van der Waals surface area contributed by atoms with Crippen LogP contribution in [0.15, 0.2) is 51.5 Å². The molecule has 6 heteroatoms. The Morgan fingerprint density at radius 1 is 1.14 bits per heavy atom. The Bertz CT molecular complexity index is 771. The van der Waals surface area contributed by atoms with Crippen LogP contribution in [-0.2, 0) is 6.54 Å². The van der Waals surface area contributed by atoms with Crippen LogP contribution in [0.4, 0.5) is 4.39 Å². The highest BCUT2D eigenvalue weighted by molar-refractivity contribution is 9.10. The minimum absolute atomic E-state index is 0.333. The maximum Gasteiger partial charge on any atom is 0.258 e. The highest BCUT2D eigenvalue weighted by atomic mass is 79.9. The third kappa shape index (κ3) is 2.86. The molecular formula is C15H11BrFN3O. The first-order chi connectivity index (χ1) is 10.2. The van der Waals surface area contributed by atoms with Gasteiger partial charge in [0.05, 0.1) is 0 Å². The van der Waals surface area contributed by atoms with Crippen LogP contribution >= 0.6 is 15.9 Å². The van der Waals surface area contributed by atoms with Crippen molar-refractivity contribution in [1.29, 1.82) is 0 Å². The molecule has 1 heterocycles. The van der Waals surface area contributed by atoms with Crippen molar-refractivity contribution in [1.82, 2.24) is 10.1 Å². The van der Waals surface area contributed by atoms with Gasteiger partial charge in [0.25, 0.3) is 5.89 Å². The molecule has 0 unspecified atom stereocenters. The summed E-state index contributed by atoms with van der Waals surface area (Å²) < 4.78 is 19.3. The highest BCUT2D eigenvalue weighted by Crippen LogP contribution is 2.28. The summed E-state index contributed by atoms with van der Waals surface area (Å²) in [5.74, 6) is 0.357. The SMILES string of the molecule is NCc1ccc(-c2nc(-c3cc(F)ccc3Br)no2)cc1. The molecule has 0 spiro atoms. The van der Waals surface area contributed by atoms with Gasteiger partial charge in [-0.1, -0.05) is 33.2 Å². The number of benzene rings is 2. The summed E-state index contributed by atoms with van der Waals surface area (Å²) in [7, 11) is 0. The van der Waals surface area contributed by atoms with Crippen LogP contribution in [0.5, 0.6) is 0 Å². The fourth-order valence-electron chi connectivity index (χ4n) is 1.90. The van der Waals surface area contributed by atoms with Crippen molar-refractivity contribution in [2.45, 2.75) is 6.54 Å². The van der Waals surface area contributed by atoms with Crippen LogP contribution in [0.3, 0.4) is 0 Å². The molecule has 0 bridgehead atoms. The molecule has 2 aromatic carbocycles. The van der Waals surface area contributed by atoms with Crippen LogP contribution in [0.2, 0.25) is 0 Å². The third-order valence-electron chi connectivity index (χ3n) is 3.03. The molecule has 0 aliphatic heterocycles. The fourth-order valence-corrected chi connectivity index (χ4v) is 2.33. The quantitative estimate of drug-likeness (QED) is 0.783. The first-order valence-electron chi connectivity index (χ1n) is 6.26. The highest BCUT2D eigenvalue weighted by Gasteiger charge is 2.13. The van der Waals surface area contributed by atoms with Crippen molar-refractivity contribution in [3.8, 4) is 22.8 Å². The monoisotopic (exact) mass is 347 g/mol. The lowest BCUT2D eigenvalue weighted by atomic mass is 10.1. The van der Waals surface area contributed by atoms with E-state index in [1.165, 1.54) is 12.1 Å². The lowest BCUT2D eigenvalue weighted by Crippen LogP contribution is -1.95. The Balaban J connectivity index is 1.97. The number of nitrogens with two attached hydrogens (primary N) is 1. The van der Waals surface area contributed by atoms with Crippen molar-refractivity contribution >= 4 is 15.9 Å². The minimum Gasteiger partial charge on any atom is -0.334 e. The first-order valence-corrected chi connectivity index (χ1v) is 7.05. The zero-order chi connectivity index (χ0) is 14.8. The van der Waals surface area contributed by atoms with E-state index in [0.717, 1.165) is 11.1 Å². The van der Waals surface area contributed by atoms with Crippen LogP contribution in [0.25, 0.3) is 22.8 Å². The zero-order valence-corrected chi connectivity index (χ0v) is 12.5. The van der Waals surface area contributed by atoms with Crippen LogP contribution in [-0.4, -0.2) is 10.1 Å². The van der Waals surface area contributed by atoms with Gasteiger partial charge in [0.15, 0.2) is 0 Å². The minimum atomic E-state index is -0.355. The van der Waals surface area contributed by atoms with Gasteiger partial charge in [0.1, 0.15) is 5.82 Å². The number of rotatable bonds is 3. The predicted octanol–water partition coefficient (Wildman–Crippen LogP) is 3.76. The second kappa shape index (κ2) is 5.75. The van der Waals surface area contributed by atoms with E-state index in [-0.39, 0.29) is 5.82 Å². The molecule has 21 heavy (non-hydrogen) atoms. The average Bonchev–Trinajstić information content (AvgIpc) is 2.99. The molecular weight excluding hydrogens is 337 g/mol. The molecule has 0 saturated heterocycles. The molecule has 1 aromatic heterocycles. The molecule has 3 rings (SSSR count). The summed E-state index contributed by atoms with van der Waals surface area (Å²) in [5.41, 5.74) is 7.91. The maximum absolute atomic E-state index is 13.3. The van der Waals surface area contributed by atoms with E-state index in [0.29, 0.717) is 28.3 Å². The molecule has 0 aliphatic carbocycles. The number of hydrogen-bond donors (Lipinski definition) is 1. The van der Waals surface area contributed by atoms with E-state index in [4.69, 9.17) is 10.3 Å². The Hall–Kier alpha value is -2.05. The van der Waals surface area contributed by atoms with Crippen LogP contribution in [0, 0.1) is 5.82 Å². The Morgan fingerprint density at radius 3 is 2.62 bits per heavy atom. The Kier molecular flexibility index (Phi) is 3.81. The lowest BCUT2D eigenvalue weighted by Gasteiger charge is -1.98. The van der Waals surface area contributed by atoms with E-state index in [9.17, 15) is 4.39 Å². The smallest absolute Gasteiger partial charge is 0.258 e. The van der Waals surface area contributed by atoms with Gasteiger partial charge < -0.3 is 10.3 Å². The van der Waals surface area contributed by atoms with E-state index in [2.05, 4.69) is 26.1 Å². The van der Waals surface area contributed by atoms with Crippen LogP contribution < -0.4 is 5.73 Å². The summed E-state index contributed by atoms with van der Waals surface area (Å²) in [6.45, 7) is 0.478. The standard InChI is InChI=1S/C15H11BrFN3O/c16-13-6-5-11(17)7-12(13)14-19-15(21-20-14)10-3-1-9(8-18)2-4-10/h1-7H,8,18H2. The van der Waals surface area contributed by atoms with Gasteiger partial charge in [-0.2, -0.15) is 4.98 Å². The maximum atomic E-state index is 13.3. The molecule has 0 amide bonds. The molecule has 4 nitrogen and oxygen atoms in total. The van der Waals surface area contributed by atoms with Crippen molar-refractivity contribution in [3.05, 3.63) is 58.3 Å². The van der Waals surface area contributed by atoms with Crippen molar-refractivity contribution in [3.63, 3.8) is 0 Å². The molecule has 0 saturated carbocycles. The summed E-state index contributed by atoms with van der Waals surface area (Å²) in [4.78, 5) is 4.30. The molecule has 3 aromatic rings. The molecule has 0 radical (unpaired) electrons. The van der Waals surface area contributed by atoms with Gasteiger partial charge in [-0.25, -0.2) is 4.39 Å². The largest absolute Gasteiger partial charge is 0.334 e. The number of halogens is 2. The number of hydrogen-bond acceptors (Lipinski definition) is 4. The summed E-state index contributed by atoms with van der Waals surface area (Å²) in [5, 5.41) is 3.90. The second-order valence-corrected chi connectivity index (χ2v) is 5.30. The molecule has 106 valence electrons. The van der Waals surface area contributed by atoms with Gasteiger partial charge >= 0.3 is 0 Å². The van der Waals surface area contributed by atoms with Gasteiger partial charge in [0, 0.05) is 22.1 Å². The third-order valence-corrected chi connectivity index (χ3v) is 3.72. The van der Waals surface area contributed by atoms with E-state index in [1.54, 1.807) is 6.07 Å². The van der Waals surface area contributed by atoms with Crippen molar-refractivity contribution in [2.75, 3.05) is 0 Å². The van der Waals surface area contributed by atoms with E-state index < -0.39 is 0 Å². The predicted molar refractivity (Wildman–Crippen MR) is 80.7 cm³/mol. The molecule has 0 atom stereocenters. The van der Waals surface area contributed by atoms with Gasteiger partial charge in [-0.3, -0.25) is 0 Å². The molecule has 0 aliphatic rings. The van der Waals surface area contributed by atoms with Crippen molar-refractivity contribution < 1.29 is 8.91 Å². The van der Waals surface area contributed by atoms with E-state index >= 15 is 0 Å². The topological polar surface area (TPSA) is 64.9 Å². The first kappa shape index (κ1) is 13.9. The lowest BCUT2D eigenvalue weighted by molar-refractivity contribution is 0.432. The van der Waals surface area contributed by atoms with Gasteiger partial charge in [0.2, 0.25) is 5.82 Å². The van der Waals surface area contributed by atoms with E-state index in [1.807, 2.05) is 24.3 Å². The zero-order valence-electron chi connectivity index (χ0n) is 10.9. The number of nitrogens with zero attached hydrogens (tertiary/aromatic N) is 2. The van der Waals surface area contributed by atoms with Crippen molar-refractivity contribution in [2.24, 2.45) is 5.73 Å². The Morgan fingerprint density at radius 2 is 1.90 bits per heavy atom. The fraction of sp³-hybridized carbons (Fsp3) is 0.0667. The average molecular weight is 348 g/mol. The summed E-state index contributed by atoms with van der Waals surface area (Å²) in [6, 6.07) is 11.8.